The van der Waals surface area contributed by atoms with Gasteiger partial charge in [-0.2, -0.15) is 0 Å². The molecule has 0 saturated heterocycles. The van der Waals surface area contributed by atoms with E-state index in [4.69, 9.17) is 0 Å². The Labute approximate surface area is 77.4 Å². The second-order valence-electron chi connectivity index (χ2n) is 3.02. The highest BCUT2D eigenvalue weighted by molar-refractivity contribution is 5.76. The van der Waals surface area contributed by atoms with Gasteiger partial charge in [-0.3, -0.25) is 4.79 Å². The molecular weight excluding hydrogens is 160 g/mol. The zero-order valence-corrected chi connectivity index (χ0v) is 7.23. The minimum absolute atomic E-state index is 0.807. The summed E-state index contributed by atoms with van der Waals surface area (Å²) in [7, 11) is 0. The molecular formula is C12H10O. The number of hydrogen-bond acceptors (Lipinski definition) is 1. The largest absolute Gasteiger partial charge is 0.299 e. The van der Waals surface area contributed by atoms with Gasteiger partial charge in [0.05, 0.1) is 0 Å². The van der Waals surface area contributed by atoms with Crippen molar-refractivity contribution in [3.05, 3.63) is 47.0 Å². The smallest absolute Gasteiger partial charge is 0.142 e. The first kappa shape index (κ1) is 7.99. The van der Waals surface area contributed by atoms with Gasteiger partial charge in [-0.25, -0.2) is 0 Å². The van der Waals surface area contributed by atoms with Gasteiger partial charge < -0.3 is 0 Å². The van der Waals surface area contributed by atoms with Gasteiger partial charge in [-0.05, 0) is 29.2 Å². The van der Waals surface area contributed by atoms with E-state index in [9.17, 15) is 4.79 Å². The third-order valence-electron chi connectivity index (χ3n) is 2.22. The number of fused-ring (bicyclic) bond motifs is 1. The van der Waals surface area contributed by atoms with Crippen LogP contribution in [0, 0.1) is 0 Å². The predicted molar refractivity (Wildman–Crippen MR) is 54.3 cm³/mol. The van der Waals surface area contributed by atoms with Crippen LogP contribution in [0.2, 0.25) is 0 Å². The van der Waals surface area contributed by atoms with Crippen LogP contribution >= 0.6 is 0 Å². The predicted octanol–water partition coefficient (Wildman–Crippen LogP) is 2.47. The summed E-state index contributed by atoms with van der Waals surface area (Å²) < 4.78 is 0. The molecule has 0 atom stereocenters. The van der Waals surface area contributed by atoms with Crippen molar-refractivity contribution in [2.24, 2.45) is 0 Å². The van der Waals surface area contributed by atoms with Crippen molar-refractivity contribution in [1.29, 1.82) is 0 Å². The summed E-state index contributed by atoms with van der Waals surface area (Å²) in [4.78, 5) is 10.2. The molecule has 0 unspecified atom stereocenters. The Morgan fingerprint density at radius 3 is 3.08 bits per heavy atom. The zero-order chi connectivity index (χ0) is 9.10. The number of allylic oxidation sites excluding steroid dienone is 2. The van der Waals surface area contributed by atoms with Crippen LogP contribution < -0.4 is 0 Å². The normalized spacial score (nSPS) is 13.5. The van der Waals surface area contributed by atoms with E-state index in [2.05, 4.69) is 18.2 Å². The van der Waals surface area contributed by atoms with Crippen molar-refractivity contribution < 1.29 is 4.79 Å². The second-order valence-corrected chi connectivity index (χ2v) is 3.02. The van der Waals surface area contributed by atoms with Crippen LogP contribution in [-0.4, -0.2) is 6.29 Å². The second kappa shape index (κ2) is 3.40. The average Bonchev–Trinajstić information content (AvgIpc) is 2.62. The first-order chi connectivity index (χ1) is 6.42. The molecule has 2 rings (SSSR count). The van der Waals surface area contributed by atoms with Crippen LogP contribution in [0.4, 0.5) is 0 Å². The Hall–Kier alpha value is -1.63. The van der Waals surface area contributed by atoms with E-state index in [1.807, 2.05) is 18.2 Å². The molecule has 0 bridgehead atoms. The summed E-state index contributed by atoms with van der Waals surface area (Å²) >= 11 is 0. The molecule has 13 heavy (non-hydrogen) atoms. The molecule has 1 aromatic carbocycles. The molecule has 0 saturated carbocycles. The Morgan fingerprint density at radius 2 is 2.23 bits per heavy atom. The maximum atomic E-state index is 10.2. The highest BCUT2D eigenvalue weighted by Crippen LogP contribution is 2.23. The molecule has 0 spiro atoms. The number of rotatable bonds is 2. The first-order valence-electron chi connectivity index (χ1n) is 4.32. The number of aldehydes is 1. The van der Waals surface area contributed by atoms with Gasteiger partial charge in [-0.15, -0.1) is 0 Å². The summed E-state index contributed by atoms with van der Waals surface area (Å²) in [6.07, 6.45) is 9.44. The van der Waals surface area contributed by atoms with Crippen molar-refractivity contribution in [2.45, 2.75) is 6.42 Å². The Balaban J connectivity index is 2.44. The molecule has 1 aliphatic carbocycles. The van der Waals surface area contributed by atoms with Crippen molar-refractivity contribution in [2.75, 3.05) is 0 Å². The molecule has 0 heterocycles. The van der Waals surface area contributed by atoms with Gasteiger partial charge in [0.2, 0.25) is 0 Å². The van der Waals surface area contributed by atoms with Gasteiger partial charge in [0, 0.05) is 0 Å². The summed E-state index contributed by atoms with van der Waals surface area (Å²) in [6.45, 7) is 0. The van der Waals surface area contributed by atoms with Gasteiger partial charge in [-0.1, -0.05) is 36.4 Å². The molecule has 1 heteroatoms. The Kier molecular flexibility index (Phi) is 2.09. The van der Waals surface area contributed by atoms with Gasteiger partial charge >= 0.3 is 0 Å². The summed E-state index contributed by atoms with van der Waals surface area (Å²) in [6, 6.07) is 6.14. The van der Waals surface area contributed by atoms with Crippen LogP contribution in [0.3, 0.4) is 0 Å². The topological polar surface area (TPSA) is 17.1 Å². The quantitative estimate of drug-likeness (QED) is 0.492. The Bertz CT molecular complexity index is 386. The first-order valence-corrected chi connectivity index (χ1v) is 4.32. The van der Waals surface area contributed by atoms with Crippen molar-refractivity contribution >= 4 is 18.4 Å². The summed E-state index contributed by atoms with van der Waals surface area (Å²) in [5.41, 5.74) is 3.74. The van der Waals surface area contributed by atoms with Crippen molar-refractivity contribution in [3.8, 4) is 0 Å². The maximum absolute atomic E-state index is 10.2. The summed E-state index contributed by atoms with van der Waals surface area (Å²) in [5.74, 6) is 0. The van der Waals surface area contributed by atoms with E-state index in [0.29, 0.717) is 0 Å². The number of hydrogen-bond donors (Lipinski definition) is 0. The fourth-order valence-corrected chi connectivity index (χ4v) is 1.62. The highest BCUT2D eigenvalue weighted by Gasteiger charge is 2.06. The van der Waals surface area contributed by atoms with Crippen LogP contribution in [0.15, 0.2) is 30.4 Å². The molecule has 0 aliphatic heterocycles. The third kappa shape index (κ3) is 1.45. The molecule has 0 N–H and O–H groups in total. The minimum Gasteiger partial charge on any atom is -0.299 e. The molecule has 1 aromatic rings. The monoisotopic (exact) mass is 170 g/mol. The SMILES string of the molecule is O=CC=Cc1cccc2c1CC=C2. The van der Waals surface area contributed by atoms with Gasteiger partial charge in [0.1, 0.15) is 6.29 Å². The average molecular weight is 170 g/mol. The fourth-order valence-electron chi connectivity index (χ4n) is 1.62. The number of carbonyl (C=O) groups excluding carboxylic acids is 1. The molecule has 0 radical (unpaired) electrons. The number of benzene rings is 1. The van der Waals surface area contributed by atoms with Gasteiger partial charge in [0.15, 0.2) is 0 Å². The van der Waals surface area contributed by atoms with Crippen LogP contribution in [0.25, 0.3) is 12.2 Å². The molecule has 0 aromatic heterocycles. The van der Waals surface area contributed by atoms with Crippen molar-refractivity contribution in [3.63, 3.8) is 0 Å². The molecule has 1 aliphatic rings. The summed E-state index contributed by atoms with van der Waals surface area (Å²) in [5, 5.41) is 0. The maximum Gasteiger partial charge on any atom is 0.142 e. The molecule has 0 fully saturated rings. The Morgan fingerprint density at radius 1 is 1.31 bits per heavy atom. The lowest BCUT2D eigenvalue weighted by Crippen LogP contribution is -1.86. The molecule has 64 valence electrons. The molecule has 1 nitrogen and oxygen atoms in total. The zero-order valence-electron chi connectivity index (χ0n) is 7.23. The lowest BCUT2D eigenvalue weighted by atomic mass is 10.0. The lowest BCUT2D eigenvalue weighted by Gasteiger charge is -2.02. The van der Waals surface area contributed by atoms with E-state index in [-0.39, 0.29) is 0 Å². The van der Waals surface area contributed by atoms with Crippen LogP contribution in [0.1, 0.15) is 16.7 Å². The number of carbonyl (C=O) groups is 1. The lowest BCUT2D eigenvalue weighted by molar-refractivity contribution is -0.104. The van der Waals surface area contributed by atoms with Crippen LogP contribution in [-0.2, 0) is 11.2 Å². The minimum atomic E-state index is 0.807. The van der Waals surface area contributed by atoms with E-state index in [1.165, 1.54) is 17.2 Å². The third-order valence-corrected chi connectivity index (χ3v) is 2.22. The fraction of sp³-hybridized carbons (Fsp3) is 0.0833. The van der Waals surface area contributed by atoms with E-state index in [1.54, 1.807) is 0 Å². The standard InChI is InChI=1S/C12H10O/c13-9-3-7-11-5-1-4-10-6-2-8-12(10)11/h1-7,9H,8H2. The van der Waals surface area contributed by atoms with Crippen LogP contribution in [0.5, 0.6) is 0 Å². The van der Waals surface area contributed by atoms with E-state index in [0.717, 1.165) is 18.3 Å². The van der Waals surface area contributed by atoms with E-state index >= 15 is 0 Å². The van der Waals surface area contributed by atoms with Gasteiger partial charge in [0.25, 0.3) is 0 Å². The molecule has 0 amide bonds. The highest BCUT2D eigenvalue weighted by atomic mass is 16.1. The van der Waals surface area contributed by atoms with E-state index < -0.39 is 0 Å². The van der Waals surface area contributed by atoms with Crippen molar-refractivity contribution in [1.82, 2.24) is 0 Å².